The van der Waals surface area contributed by atoms with Crippen molar-refractivity contribution in [3.05, 3.63) is 71.8 Å². The summed E-state index contributed by atoms with van der Waals surface area (Å²) in [5.41, 5.74) is 1.59. The Morgan fingerprint density at radius 1 is 0.880 bits per heavy atom. The molecule has 1 N–H and O–H groups in total. The van der Waals surface area contributed by atoms with Gasteiger partial charge in [0.1, 0.15) is 0 Å². The Bertz CT molecular complexity index is 623. The maximum Gasteiger partial charge on any atom is 0.173 e. The van der Waals surface area contributed by atoms with Crippen LogP contribution in [0.3, 0.4) is 0 Å². The summed E-state index contributed by atoms with van der Waals surface area (Å²) in [4.78, 5) is 0. The van der Waals surface area contributed by atoms with Crippen molar-refractivity contribution in [2.75, 3.05) is 0 Å². The molecule has 25 heavy (non-hydrogen) atoms. The highest BCUT2D eigenvalue weighted by Gasteiger charge is 2.19. The van der Waals surface area contributed by atoms with Crippen LogP contribution in [0.5, 0.6) is 0 Å². The molecular formula is C22H30N2O. The molecule has 0 radical (unpaired) electrons. The predicted molar refractivity (Wildman–Crippen MR) is 104 cm³/mol. The van der Waals surface area contributed by atoms with Crippen molar-refractivity contribution in [2.45, 2.75) is 64.1 Å². The van der Waals surface area contributed by atoms with Crippen molar-refractivity contribution in [1.82, 2.24) is 0 Å². The van der Waals surface area contributed by atoms with E-state index in [4.69, 9.17) is 0 Å². The smallest absolute Gasteiger partial charge is 0.173 e. The number of rotatable bonds is 10. The number of azo groups is 1. The van der Waals surface area contributed by atoms with Crippen LogP contribution in [0.2, 0.25) is 0 Å². The zero-order valence-corrected chi connectivity index (χ0v) is 15.4. The van der Waals surface area contributed by atoms with Crippen molar-refractivity contribution in [3.8, 4) is 0 Å². The van der Waals surface area contributed by atoms with E-state index >= 15 is 0 Å². The summed E-state index contributed by atoms with van der Waals surface area (Å²) in [6.07, 6.45) is 5.62. The molecule has 2 aromatic carbocycles. The van der Waals surface area contributed by atoms with Gasteiger partial charge < -0.3 is 5.11 Å². The lowest BCUT2D eigenvalue weighted by atomic mass is 10.0. The lowest BCUT2D eigenvalue weighted by Crippen LogP contribution is -2.21. The van der Waals surface area contributed by atoms with Gasteiger partial charge >= 0.3 is 0 Å². The fourth-order valence-electron chi connectivity index (χ4n) is 2.85. The molecule has 0 aromatic heterocycles. The fraction of sp³-hybridized carbons (Fsp3) is 0.455. The Morgan fingerprint density at radius 2 is 1.40 bits per heavy atom. The molecular weight excluding hydrogens is 308 g/mol. The van der Waals surface area contributed by atoms with E-state index in [1.165, 1.54) is 11.1 Å². The second-order valence-corrected chi connectivity index (χ2v) is 7.00. The van der Waals surface area contributed by atoms with Gasteiger partial charge in [-0.1, -0.05) is 60.7 Å². The van der Waals surface area contributed by atoms with Gasteiger partial charge in [-0.25, -0.2) is 0 Å². The van der Waals surface area contributed by atoms with Crippen molar-refractivity contribution < 1.29 is 5.11 Å². The average molecular weight is 338 g/mol. The Labute approximate surface area is 151 Å². The molecule has 0 bridgehead atoms. The molecule has 3 heteroatoms. The number of hydrogen-bond acceptors (Lipinski definition) is 3. The largest absolute Gasteiger partial charge is 0.368 e. The number of aryl methyl sites for hydroxylation is 2. The highest BCUT2D eigenvalue weighted by atomic mass is 16.3. The summed E-state index contributed by atoms with van der Waals surface area (Å²) >= 11 is 0. The predicted octanol–water partition coefficient (Wildman–Crippen LogP) is 5.58. The lowest BCUT2D eigenvalue weighted by molar-refractivity contribution is 0.0489. The number of benzene rings is 2. The molecule has 2 aromatic rings. The zero-order valence-electron chi connectivity index (χ0n) is 15.4. The molecule has 0 aliphatic carbocycles. The van der Waals surface area contributed by atoms with E-state index in [-0.39, 0.29) is 6.04 Å². The van der Waals surface area contributed by atoms with E-state index in [9.17, 15) is 5.11 Å². The molecule has 0 saturated heterocycles. The van der Waals surface area contributed by atoms with Gasteiger partial charge in [0, 0.05) is 0 Å². The van der Waals surface area contributed by atoms with Gasteiger partial charge in [-0.05, 0) is 63.5 Å². The quantitative estimate of drug-likeness (QED) is 0.565. The third-order valence-electron chi connectivity index (χ3n) is 4.36. The Balaban J connectivity index is 1.67. The minimum absolute atomic E-state index is 0.143. The van der Waals surface area contributed by atoms with Crippen LogP contribution in [0.25, 0.3) is 0 Å². The monoisotopic (exact) mass is 338 g/mol. The third-order valence-corrected chi connectivity index (χ3v) is 4.36. The summed E-state index contributed by atoms with van der Waals surface area (Å²) in [6.45, 7) is 3.81. The topological polar surface area (TPSA) is 45.0 Å². The van der Waals surface area contributed by atoms with Crippen LogP contribution < -0.4 is 0 Å². The fourth-order valence-corrected chi connectivity index (χ4v) is 2.85. The first kappa shape index (κ1) is 19.3. The SMILES string of the molecule is CC(CCCc1ccccc1)/N=N/C(C)(O)CCCc1ccccc1. The van der Waals surface area contributed by atoms with Gasteiger partial charge in [0.25, 0.3) is 0 Å². The van der Waals surface area contributed by atoms with Crippen molar-refractivity contribution >= 4 is 0 Å². The van der Waals surface area contributed by atoms with Gasteiger partial charge in [0.2, 0.25) is 0 Å². The minimum atomic E-state index is -1.07. The van der Waals surface area contributed by atoms with Crippen LogP contribution >= 0.6 is 0 Å². The molecule has 2 atom stereocenters. The molecule has 0 heterocycles. The van der Waals surface area contributed by atoms with Crippen LogP contribution in [-0.4, -0.2) is 16.9 Å². The second-order valence-electron chi connectivity index (χ2n) is 7.00. The molecule has 0 saturated carbocycles. The van der Waals surface area contributed by atoms with Crippen molar-refractivity contribution in [2.24, 2.45) is 10.2 Å². The molecule has 0 fully saturated rings. The van der Waals surface area contributed by atoms with Gasteiger partial charge in [-0.2, -0.15) is 10.2 Å². The lowest BCUT2D eigenvalue weighted by Gasteiger charge is -2.17. The molecule has 3 nitrogen and oxygen atoms in total. The summed E-state index contributed by atoms with van der Waals surface area (Å²) in [5, 5.41) is 18.9. The normalized spacial score (nSPS) is 15.2. The summed E-state index contributed by atoms with van der Waals surface area (Å²) < 4.78 is 0. The molecule has 0 aliphatic heterocycles. The summed E-state index contributed by atoms with van der Waals surface area (Å²) in [7, 11) is 0. The Kier molecular flexibility index (Phi) is 7.80. The van der Waals surface area contributed by atoms with Crippen LogP contribution in [-0.2, 0) is 12.8 Å². The summed E-state index contributed by atoms with van der Waals surface area (Å²) in [5.74, 6) is 0. The standard InChI is InChI=1S/C22H30N2O/c1-19(11-9-16-20-12-5-3-6-13-20)23-24-22(2,25)18-10-17-21-14-7-4-8-15-21/h3-8,12-15,19,25H,9-11,16-18H2,1-2H3/b24-23+. The highest BCUT2D eigenvalue weighted by Crippen LogP contribution is 2.18. The third kappa shape index (κ3) is 8.08. The average Bonchev–Trinajstić information content (AvgIpc) is 2.62. The molecule has 0 aliphatic rings. The van der Waals surface area contributed by atoms with Crippen molar-refractivity contribution in [3.63, 3.8) is 0 Å². The number of hydrogen-bond donors (Lipinski definition) is 1. The minimum Gasteiger partial charge on any atom is -0.368 e. The number of aliphatic hydroxyl groups is 1. The van der Waals surface area contributed by atoms with E-state index in [2.05, 4.69) is 53.6 Å². The van der Waals surface area contributed by atoms with Gasteiger partial charge in [-0.15, -0.1) is 0 Å². The van der Waals surface area contributed by atoms with E-state index in [0.717, 1.165) is 32.1 Å². The molecule has 134 valence electrons. The zero-order chi connectivity index (χ0) is 18.0. The van der Waals surface area contributed by atoms with Crippen LogP contribution in [0, 0.1) is 0 Å². The van der Waals surface area contributed by atoms with Gasteiger partial charge in [0.05, 0.1) is 6.04 Å². The first-order valence-corrected chi connectivity index (χ1v) is 9.27. The number of nitrogens with zero attached hydrogens (tertiary/aromatic N) is 2. The van der Waals surface area contributed by atoms with E-state index in [1.54, 1.807) is 6.92 Å². The molecule has 0 amide bonds. The maximum absolute atomic E-state index is 10.4. The van der Waals surface area contributed by atoms with E-state index in [1.807, 2.05) is 24.3 Å². The Morgan fingerprint density at radius 3 is 1.96 bits per heavy atom. The van der Waals surface area contributed by atoms with Crippen LogP contribution in [0.4, 0.5) is 0 Å². The van der Waals surface area contributed by atoms with Gasteiger partial charge in [0.15, 0.2) is 5.72 Å². The Hall–Kier alpha value is -2.00. The van der Waals surface area contributed by atoms with Crippen molar-refractivity contribution in [1.29, 1.82) is 0 Å². The second kappa shape index (κ2) is 10.1. The summed E-state index contributed by atoms with van der Waals surface area (Å²) in [6, 6.07) is 21.0. The van der Waals surface area contributed by atoms with E-state index in [0.29, 0.717) is 6.42 Å². The highest BCUT2D eigenvalue weighted by molar-refractivity contribution is 5.15. The first-order valence-electron chi connectivity index (χ1n) is 9.27. The van der Waals surface area contributed by atoms with Crippen LogP contribution in [0.1, 0.15) is 50.7 Å². The molecule has 2 unspecified atom stereocenters. The molecule has 2 rings (SSSR count). The van der Waals surface area contributed by atoms with E-state index < -0.39 is 5.72 Å². The van der Waals surface area contributed by atoms with Crippen LogP contribution in [0.15, 0.2) is 70.9 Å². The molecule has 0 spiro atoms. The maximum atomic E-state index is 10.4. The van der Waals surface area contributed by atoms with Gasteiger partial charge in [-0.3, -0.25) is 0 Å². The first-order chi connectivity index (χ1) is 12.1.